The monoisotopic (exact) mass is 328 g/mol. The number of carboxylic acids is 1. The summed E-state index contributed by atoms with van der Waals surface area (Å²) in [6.07, 6.45) is 0. The molecule has 0 aliphatic carbocycles. The summed E-state index contributed by atoms with van der Waals surface area (Å²) in [5, 5.41) is 20.7. The highest BCUT2D eigenvalue weighted by Gasteiger charge is 2.19. The van der Waals surface area contributed by atoms with Crippen molar-refractivity contribution in [1.82, 2.24) is 9.71 Å². The summed E-state index contributed by atoms with van der Waals surface area (Å²) in [5.74, 6) is -1.89. The topological polar surface area (TPSA) is 117 Å². The predicted molar refractivity (Wildman–Crippen MR) is 75.9 cm³/mol. The highest BCUT2D eigenvalue weighted by Crippen LogP contribution is 2.21. The van der Waals surface area contributed by atoms with E-state index in [1.165, 1.54) is 11.3 Å². The Kier molecular flexibility index (Phi) is 4.26. The van der Waals surface area contributed by atoms with Crippen LogP contribution in [-0.2, 0) is 16.6 Å². The van der Waals surface area contributed by atoms with E-state index < -0.39 is 27.3 Å². The third kappa shape index (κ3) is 3.57. The Morgan fingerprint density at radius 2 is 2.14 bits per heavy atom. The summed E-state index contributed by atoms with van der Waals surface area (Å²) in [6, 6.07) is 3.08. The van der Waals surface area contributed by atoms with E-state index in [-0.39, 0.29) is 11.4 Å². The van der Waals surface area contributed by atoms with Crippen molar-refractivity contribution in [2.45, 2.75) is 18.4 Å². The maximum atomic E-state index is 12.1. The number of hydrogen-bond acceptors (Lipinski definition) is 6. The molecule has 1 aromatic carbocycles. The van der Waals surface area contributed by atoms with Gasteiger partial charge in [0.05, 0.1) is 11.4 Å². The number of nitrogens with zero attached hydrogens (tertiary/aromatic N) is 1. The molecule has 3 N–H and O–H groups in total. The summed E-state index contributed by atoms with van der Waals surface area (Å²) in [5.41, 5.74) is 0.329. The predicted octanol–water partition coefficient (Wildman–Crippen LogP) is 1.33. The van der Waals surface area contributed by atoms with Crippen LogP contribution in [0, 0.1) is 6.92 Å². The lowest BCUT2D eigenvalue weighted by Crippen LogP contribution is -2.23. The molecule has 0 aliphatic heterocycles. The number of nitrogens with one attached hydrogen (secondary N) is 1. The summed E-state index contributed by atoms with van der Waals surface area (Å²) >= 11 is 1.32. The first-order valence-electron chi connectivity index (χ1n) is 5.76. The molecule has 0 saturated carbocycles. The number of thiazole rings is 1. The van der Waals surface area contributed by atoms with Crippen molar-refractivity contribution in [2.24, 2.45) is 0 Å². The van der Waals surface area contributed by atoms with E-state index in [9.17, 15) is 18.3 Å². The Morgan fingerprint density at radius 3 is 2.71 bits per heavy atom. The molecule has 2 aromatic rings. The molecule has 112 valence electrons. The number of benzene rings is 1. The van der Waals surface area contributed by atoms with Gasteiger partial charge in [0.25, 0.3) is 0 Å². The third-order valence-corrected chi connectivity index (χ3v) is 4.95. The first kappa shape index (κ1) is 15.4. The van der Waals surface area contributed by atoms with E-state index in [0.717, 1.165) is 23.9 Å². The molecule has 9 heteroatoms. The summed E-state index contributed by atoms with van der Waals surface area (Å²) in [7, 11) is -3.88. The minimum Gasteiger partial charge on any atom is -0.507 e. The van der Waals surface area contributed by atoms with Crippen LogP contribution in [0.1, 0.15) is 21.1 Å². The Bertz CT molecular complexity index is 783. The Morgan fingerprint density at radius 1 is 1.43 bits per heavy atom. The number of rotatable bonds is 5. The van der Waals surface area contributed by atoms with Gasteiger partial charge in [-0.25, -0.2) is 22.9 Å². The SMILES string of the molecule is Cc1csc(CNS(=O)(=O)c2ccc(O)c(C(=O)O)c2)n1. The minimum atomic E-state index is -3.88. The fourth-order valence-electron chi connectivity index (χ4n) is 1.58. The normalized spacial score (nSPS) is 11.5. The number of sulfonamides is 1. The van der Waals surface area contributed by atoms with Crippen molar-refractivity contribution < 1.29 is 23.4 Å². The van der Waals surface area contributed by atoms with Crippen LogP contribution in [0.25, 0.3) is 0 Å². The van der Waals surface area contributed by atoms with Crippen molar-refractivity contribution in [1.29, 1.82) is 0 Å². The lowest BCUT2D eigenvalue weighted by molar-refractivity contribution is 0.0693. The Hall–Kier alpha value is -1.97. The minimum absolute atomic E-state index is 0.0180. The standard InChI is InChI=1S/C12H12N2O5S2/c1-7-6-20-11(14-7)5-13-21(18,19)8-2-3-10(15)9(4-8)12(16)17/h2-4,6,13,15H,5H2,1H3,(H,16,17). The molecule has 1 heterocycles. The molecule has 1 aromatic heterocycles. The summed E-state index contributed by atoms with van der Waals surface area (Å²) in [4.78, 5) is 14.8. The zero-order chi connectivity index (χ0) is 15.6. The van der Waals surface area contributed by atoms with E-state index in [2.05, 4.69) is 9.71 Å². The second-order valence-electron chi connectivity index (χ2n) is 4.19. The molecule has 0 bridgehead atoms. The zero-order valence-electron chi connectivity index (χ0n) is 10.9. The van der Waals surface area contributed by atoms with E-state index in [4.69, 9.17) is 5.11 Å². The van der Waals surface area contributed by atoms with Crippen LogP contribution in [0.3, 0.4) is 0 Å². The summed E-state index contributed by atoms with van der Waals surface area (Å²) in [6.45, 7) is 1.82. The highest BCUT2D eigenvalue weighted by molar-refractivity contribution is 7.89. The fraction of sp³-hybridized carbons (Fsp3) is 0.167. The molecule has 0 radical (unpaired) electrons. The second-order valence-corrected chi connectivity index (χ2v) is 6.90. The number of hydrogen-bond donors (Lipinski definition) is 3. The average Bonchev–Trinajstić information content (AvgIpc) is 2.82. The molecule has 7 nitrogen and oxygen atoms in total. The molecule has 0 fully saturated rings. The third-order valence-electron chi connectivity index (χ3n) is 2.59. The zero-order valence-corrected chi connectivity index (χ0v) is 12.5. The average molecular weight is 328 g/mol. The number of carbonyl (C=O) groups is 1. The van der Waals surface area contributed by atoms with Crippen LogP contribution >= 0.6 is 11.3 Å². The number of aromatic carboxylic acids is 1. The Balaban J connectivity index is 2.23. The molecule has 21 heavy (non-hydrogen) atoms. The molecular formula is C12H12N2O5S2. The molecule has 0 amide bonds. The number of aromatic hydroxyl groups is 1. The van der Waals surface area contributed by atoms with Crippen LogP contribution < -0.4 is 4.72 Å². The van der Waals surface area contributed by atoms with Crippen molar-refractivity contribution in [3.63, 3.8) is 0 Å². The van der Waals surface area contributed by atoms with E-state index in [1.807, 2.05) is 0 Å². The van der Waals surface area contributed by atoms with Gasteiger partial charge >= 0.3 is 5.97 Å². The smallest absolute Gasteiger partial charge is 0.339 e. The van der Waals surface area contributed by atoms with Gasteiger partial charge in [-0.2, -0.15) is 0 Å². The first-order chi connectivity index (χ1) is 9.79. The van der Waals surface area contributed by atoms with Crippen LogP contribution in [0.5, 0.6) is 5.75 Å². The van der Waals surface area contributed by atoms with Gasteiger partial charge < -0.3 is 10.2 Å². The first-order valence-corrected chi connectivity index (χ1v) is 8.13. The second kappa shape index (κ2) is 5.80. The lowest BCUT2D eigenvalue weighted by Gasteiger charge is -2.07. The molecule has 0 aliphatic rings. The highest BCUT2D eigenvalue weighted by atomic mass is 32.2. The van der Waals surface area contributed by atoms with Crippen LogP contribution in [-0.4, -0.2) is 29.6 Å². The quantitative estimate of drug-likeness (QED) is 0.762. The van der Waals surface area contributed by atoms with Crippen molar-refractivity contribution in [2.75, 3.05) is 0 Å². The lowest BCUT2D eigenvalue weighted by atomic mass is 10.2. The molecule has 0 atom stereocenters. The number of aryl methyl sites for hydroxylation is 1. The van der Waals surface area contributed by atoms with E-state index in [1.54, 1.807) is 12.3 Å². The molecular weight excluding hydrogens is 316 g/mol. The van der Waals surface area contributed by atoms with Gasteiger partial charge in [0.15, 0.2) is 0 Å². The van der Waals surface area contributed by atoms with Crippen LogP contribution in [0.15, 0.2) is 28.5 Å². The maximum Gasteiger partial charge on any atom is 0.339 e. The van der Waals surface area contributed by atoms with Gasteiger partial charge in [-0.15, -0.1) is 11.3 Å². The summed E-state index contributed by atoms with van der Waals surface area (Å²) < 4.78 is 26.5. The van der Waals surface area contributed by atoms with Crippen molar-refractivity contribution in [3.05, 3.63) is 39.8 Å². The Labute approximate surface area is 125 Å². The van der Waals surface area contributed by atoms with E-state index >= 15 is 0 Å². The fourth-order valence-corrected chi connectivity index (χ4v) is 3.39. The van der Waals surface area contributed by atoms with Gasteiger partial charge in [0.2, 0.25) is 10.0 Å². The number of carboxylic acid groups (broad SMARTS) is 1. The number of phenols is 1. The van der Waals surface area contributed by atoms with Crippen LogP contribution in [0.2, 0.25) is 0 Å². The van der Waals surface area contributed by atoms with Gasteiger partial charge in [-0.05, 0) is 25.1 Å². The molecule has 2 rings (SSSR count). The maximum absolute atomic E-state index is 12.1. The van der Waals surface area contributed by atoms with Gasteiger partial charge in [0.1, 0.15) is 16.3 Å². The molecule has 0 spiro atoms. The number of aromatic nitrogens is 1. The van der Waals surface area contributed by atoms with Gasteiger partial charge in [0, 0.05) is 11.1 Å². The van der Waals surface area contributed by atoms with Crippen molar-refractivity contribution in [3.8, 4) is 5.75 Å². The molecule has 0 saturated heterocycles. The van der Waals surface area contributed by atoms with E-state index in [0.29, 0.717) is 5.01 Å². The molecule has 0 unspecified atom stereocenters. The largest absolute Gasteiger partial charge is 0.507 e. The van der Waals surface area contributed by atoms with Gasteiger partial charge in [-0.1, -0.05) is 0 Å². The van der Waals surface area contributed by atoms with Gasteiger partial charge in [-0.3, -0.25) is 0 Å². The van der Waals surface area contributed by atoms with Crippen molar-refractivity contribution >= 4 is 27.3 Å². The van der Waals surface area contributed by atoms with Crippen LogP contribution in [0.4, 0.5) is 0 Å².